The average molecular weight is 311 g/mol. The fourth-order valence-corrected chi connectivity index (χ4v) is 3.60. The van der Waals surface area contributed by atoms with Crippen molar-refractivity contribution in [2.45, 2.75) is 25.0 Å². The lowest BCUT2D eigenvalue weighted by atomic mass is 10.00. The van der Waals surface area contributed by atoms with E-state index >= 15 is 0 Å². The van der Waals surface area contributed by atoms with E-state index in [1.807, 2.05) is 23.1 Å². The molecule has 2 aliphatic rings. The molecule has 0 bridgehead atoms. The summed E-state index contributed by atoms with van der Waals surface area (Å²) >= 11 is 0. The fraction of sp³-hybridized carbons (Fsp3) is 0.421. The van der Waals surface area contributed by atoms with E-state index in [0.717, 1.165) is 18.4 Å². The molecule has 0 radical (unpaired) electrons. The van der Waals surface area contributed by atoms with Crippen molar-refractivity contribution in [3.05, 3.63) is 48.0 Å². The lowest BCUT2D eigenvalue weighted by Gasteiger charge is -2.37. The van der Waals surface area contributed by atoms with Gasteiger partial charge in [-0.25, -0.2) is 0 Å². The highest BCUT2D eigenvalue weighted by Crippen LogP contribution is 2.31. The van der Waals surface area contributed by atoms with Gasteiger partial charge in [0.15, 0.2) is 5.79 Å². The molecule has 0 aromatic heterocycles. The molecule has 23 heavy (non-hydrogen) atoms. The minimum Gasteiger partial charge on any atom is -0.347 e. The van der Waals surface area contributed by atoms with Crippen molar-refractivity contribution in [1.29, 1.82) is 0 Å². The summed E-state index contributed by atoms with van der Waals surface area (Å²) in [5.74, 6) is -0.231. The van der Waals surface area contributed by atoms with Crippen LogP contribution in [0.1, 0.15) is 18.4 Å². The van der Waals surface area contributed by atoms with Gasteiger partial charge in [-0.1, -0.05) is 42.5 Å². The number of carbonyl (C=O) groups excluding carboxylic acids is 1. The number of amides is 1. The van der Waals surface area contributed by atoms with Gasteiger partial charge in [0.1, 0.15) is 0 Å². The number of carbonyl (C=O) groups is 1. The molecule has 2 saturated heterocycles. The second kappa shape index (κ2) is 5.95. The predicted molar refractivity (Wildman–Crippen MR) is 88.1 cm³/mol. The van der Waals surface area contributed by atoms with Crippen molar-refractivity contribution in [2.24, 2.45) is 0 Å². The van der Waals surface area contributed by atoms with Crippen LogP contribution in [-0.4, -0.2) is 42.9 Å². The van der Waals surface area contributed by atoms with Gasteiger partial charge in [-0.05, 0) is 16.3 Å². The lowest BCUT2D eigenvalue weighted by molar-refractivity contribution is -0.187. The quantitative estimate of drug-likeness (QED) is 0.856. The summed E-state index contributed by atoms with van der Waals surface area (Å²) in [7, 11) is 0. The Labute approximate surface area is 136 Å². The highest BCUT2D eigenvalue weighted by atomic mass is 16.7. The summed E-state index contributed by atoms with van der Waals surface area (Å²) in [6.07, 6.45) is 2.00. The van der Waals surface area contributed by atoms with Crippen LogP contribution in [0.4, 0.5) is 0 Å². The van der Waals surface area contributed by atoms with E-state index in [0.29, 0.717) is 32.7 Å². The molecule has 0 aliphatic carbocycles. The van der Waals surface area contributed by atoms with Crippen LogP contribution in [0.25, 0.3) is 10.8 Å². The summed E-state index contributed by atoms with van der Waals surface area (Å²) < 4.78 is 11.5. The average Bonchev–Trinajstić information content (AvgIpc) is 3.04. The number of rotatable bonds is 2. The SMILES string of the molecule is O=C(Cc1cccc2ccccc12)N1CCC2(CC1)OCCO2. The Hall–Kier alpha value is -1.91. The van der Waals surface area contributed by atoms with Gasteiger partial charge in [0.05, 0.1) is 19.6 Å². The number of benzene rings is 2. The summed E-state index contributed by atoms with van der Waals surface area (Å²) in [5, 5.41) is 2.35. The number of nitrogens with zero attached hydrogens (tertiary/aromatic N) is 1. The Morgan fingerprint density at radius 3 is 2.48 bits per heavy atom. The molecule has 0 N–H and O–H groups in total. The molecular formula is C19H21NO3. The Morgan fingerprint density at radius 1 is 1.00 bits per heavy atom. The topological polar surface area (TPSA) is 38.8 Å². The summed E-state index contributed by atoms with van der Waals surface area (Å²) in [4.78, 5) is 14.6. The van der Waals surface area contributed by atoms with Crippen LogP contribution in [0, 0.1) is 0 Å². The molecule has 4 nitrogen and oxygen atoms in total. The Balaban J connectivity index is 1.46. The first-order valence-corrected chi connectivity index (χ1v) is 8.28. The van der Waals surface area contributed by atoms with E-state index in [1.54, 1.807) is 0 Å². The Kier molecular flexibility index (Phi) is 3.79. The number of ether oxygens (including phenoxy) is 2. The molecule has 2 heterocycles. The van der Waals surface area contributed by atoms with Crippen LogP contribution in [0.5, 0.6) is 0 Å². The highest BCUT2D eigenvalue weighted by Gasteiger charge is 2.40. The minimum absolute atomic E-state index is 0.189. The molecule has 1 spiro atoms. The molecule has 0 saturated carbocycles. The van der Waals surface area contributed by atoms with Crippen LogP contribution in [-0.2, 0) is 20.7 Å². The van der Waals surface area contributed by atoms with Gasteiger partial charge in [0, 0.05) is 25.9 Å². The van der Waals surface area contributed by atoms with Crippen molar-refractivity contribution < 1.29 is 14.3 Å². The summed E-state index contributed by atoms with van der Waals surface area (Å²) in [6, 6.07) is 14.4. The van der Waals surface area contributed by atoms with E-state index in [-0.39, 0.29) is 5.91 Å². The van der Waals surface area contributed by atoms with Crippen molar-refractivity contribution >= 4 is 16.7 Å². The first-order valence-electron chi connectivity index (χ1n) is 8.28. The van der Waals surface area contributed by atoms with Crippen LogP contribution in [0.15, 0.2) is 42.5 Å². The first-order chi connectivity index (χ1) is 11.3. The predicted octanol–water partition coefficient (Wildman–Crippen LogP) is 2.75. The molecule has 120 valence electrons. The standard InChI is InChI=1S/C19H21NO3/c21-18(20-10-8-19(9-11-20)22-12-13-23-19)14-16-6-3-5-15-4-1-2-7-17(15)16/h1-7H,8-14H2. The fourth-order valence-electron chi connectivity index (χ4n) is 3.60. The normalized spacial score (nSPS) is 20.3. The van der Waals surface area contributed by atoms with E-state index in [4.69, 9.17) is 9.47 Å². The number of fused-ring (bicyclic) bond motifs is 1. The zero-order valence-electron chi connectivity index (χ0n) is 13.2. The Bertz CT molecular complexity index is 706. The Morgan fingerprint density at radius 2 is 1.70 bits per heavy atom. The molecule has 0 unspecified atom stereocenters. The van der Waals surface area contributed by atoms with Gasteiger partial charge in [0.25, 0.3) is 0 Å². The third-order valence-electron chi connectivity index (χ3n) is 4.91. The smallest absolute Gasteiger partial charge is 0.227 e. The zero-order valence-corrected chi connectivity index (χ0v) is 13.2. The van der Waals surface area contributed by atoms with Gasteiger partial charge >= 0.3 is 0 Å². The maximum Gasteiger partial charge on any atom is 0.227 e. The zero-order chi connectivity index (χ0) is 15.7. The van der Waals surface area contributed by atoms with Crippen molar-refractivity contribution in [2.75, 3.05) is 26.3 Å². The van der Waals surface area contributed by atoms with Gasteiger partial charge < -0.3 is 14.4 Å². The number of likely N-dealkylation sites (tertiary alicyclic amines) is 1. The van der Waals surface area contributed by atoms with Gasteiger partial charge in [0.2, 0.25) is 5.91 Å². The molecule has 1 amide bonds. The minimum atomic E-state index is -0.420. The largest absolute Gasteiger partial charge is 0.347 e. The lowest BCUT2D eigenvalue weighted by Crippen LogP contribution is -2.47. The summed E-state index contributed by atoms with van der Waals surface area (Å²) in [6.45, 7) is 2.76. The van der Waals surface area contributed by atoms with E-state index in [2.05, 4.69) is 24.3 Å². The molecule has 0 atom stereocenters. The maximum atomic E-state index is 12.7. The molecule has 2 aromatic rings. The molecule has 2 fully saturated rings. The first kappa shape index (κ1) is 14.7. The second-order valence-electron chi connectivity index (χ2n) is 6.30. The van der Waals surface area contributed by atoms with E-state index in [9.17, 15) is 4.79 Å². The van der Waals surface area contributed by atoms with Crippen molar-refractivity contribution in [1.82, 2.24) is 4.90 Å². The molecule has 4 heteroatoms. The molecule has 2 aliphatic heterocycles. The summed E-state index contributed by atoms with van der Waals surface area (Å²) in [5.41, 5.74) is 1.10. The van der Waals surface area contributed by atoms with Crippen LogP contribution >= 0.6 is 0 Å². The van der Waals surface area contributed by atoms with Crippen molar-refractivity contribution in [3.8, 4) is 0 Å². The van der Waals surface area contributed by atoms with Crippen LogP contribution in [0.2, 0.25) is 0 Å². The third kappa shape index (κ3) is 2.84. The maximum absolute atomic E-state index is 12.7. The number of hydrogen-bond acceptors (Lipinski definition) is 3. The van der Waals surface area contributed by atoms with Gasteiger partial charge in [-0.15, -0.1) is 0 Å². The molecular weight excluding hydrogens is 290 g/mol. The van der Waals surface area contributed by atoms with Crippen molar-refractivity contribution in [3.63, 3.8) is 0 Å². The third-order valence-corrected chi connectivity index (χ3v) is 4.91. The van der Waals surface area contributed by atoms with Gasteiger partial charge in [-0.2, -0.15) is 0 Å². The molecule has 2 aromatic carbocycles. The number of hydrogen-bond donors (Lipinski definition) is 0. The molecule has 4 rings (SSSR count). The monoisotopic (exact) mass is 311 g/mol. The highest BCUT2D eigenvalue weighted by molar-refractivity contribution is 5.90. The van der Waals surface area contributed by atoms with Crippen LogP contribution < -0.4 is 0 Å². The van der Waals surface area contributed by atoms with E-state index < -0.39 is 5.79 Å². The van der Waals surface area contributed by atoms with Crippen LogP contribution in [0.3, 0.4) is 0 Å². The van der Waals surface area contributed by atoms with E-state index in [1.165, 1.54) is 10.8 Å². The second-order valence-corrected chi connectivity index (χ2v) is 6.30. The number of piperidine rings is 1. The van der Waals surface area contributed by atoms with Gasteiger partial charge in [-0.3, -0.25) is 4.79 Å².